The molecule has 0 atom stereocenters. The molecule has 0 unspecified atom stereocenters. The van der Waals surface area contributed by atoms with Crippen LogP contribution in [0.15, 0.2) is 24.3 Å². The quantitative estimate of drug-likeness (QED) is 0.851. The van der Waals surface area contributed by atoms with Crippen LogP contribution in [0, 0.1) is 0 Å². The smallest absolute Gasteiger partial charge is 0.227 e. The number of aryl methyl sites for hydroxylation is 1. The molecule has 138 valence electrons. The highest BCUT2D eigenvalue weighted by molar-refractivity contribution is 5.96. The SMILES string of the molecule is COCCn1c(CN2C(=O)CCc3ccccc32)nnc1C1CC(N)C1. The molecule has 1 saturated carbocycles. The molecule has 1 fully saturated rings. The number of nitrogens with zero attached hydrogens (tertiary/aromatic N) is 4. The molecule has 0 bridgehead atoms. The summed E-state index contributed by atoms with van der Waals surface area (Å²) in [5, 5.41) is 8.86. The van der Waals surface area contributed by atoms with Gasteiger partial charge in [0.15, 0.2) is 5.82 Å². The molecule has 7 heteroatoms. The van der Waals surface area contributed by atoms with Crippen LogP contribution < -0.4 is 10.6 Å². The first kappa shape index (κ1) is 17.2. The standard InChI is InChI=1S/C19H25N5O2/c1-26-9-8-23-17(21-22-19(23)14-10-15(20)11-14)12-24-16-5-3-2-4-13(16)6-7-18(24)25/h2-5,14-15H,6-12,20H2,1H3. The van der Waals surface area contributed by atoms with E-state index in [9.17, 15) is 4.79 Å². The summed E-state index contributed by atoms with van der Waals surface area (Å²) >= 11 is 0. The van der Waals surface area contributed by atoms with Crippen molar-refractivity contribution in [2.75, 3.05) is 18.6 Å². The van der Waals surface area contributed by atoms with E-state index in [-0.39, 0.29) is 11.9 Å². The van der Waals surface area contributed by atoms with E-state index in [0.29, 0.717) is 32.0 Å². The average Bonchev–Trinajstić information content (AvgIpc) is 3.01. The molecule has 1 aliphatic heterocycles. The Balaban J connectivity index is 1.62. The van der Waals surface area contributed by atoms with Crippen LogP contribution in [0.4, 0.5) is 5.69 Å². The van der Waals surface area contributed by atoms with Crippen LogP contribution in [0.25, 0.3) is 0 Å². The lowest BCUT2D eigenvalue weighted by Crippen LogP contribution is -2.37. The van der Waals surface area contributed by atoms with E-state index in [2.05, 4.69) is 20.8 Å². The van der Waals surface area contributed by atoms with Crippen molar-refractivity contribution in [3.63, 3.8) is 0 Å². The van der Waals surface area contributed by atoms with E-state index in [1.165, 1.54) is 5.56 Å². The van der Waals surface area contributed by atoms with Crippen molar-refractivity contribution in [3.05, 3.63) is 41.5 Å². The predicted octanol–water partition coefficient (Wildman–Crippen LogP) is 1.61. The minimum atomic E-state index is 0.136. The van der Waals surface area contributed by atoms with Gasteiger partial charge in [-0.15, -0.1) is 10.2 Å². The number of carbonyl (C=O) groups is 1. The second-order valence-electron chi connectivity index (χ2n) is 7.16. The van der Waals surface area contributed by atoms with Gasteiger partial charge < -0.3 is 19.9 Å². The summed E-state index contributed by atoms with van der Waals surface area (Å²) < 4.78 is 7.38. The van der Waals surface area contributed by atoms with Crippen molar-refractivity contribution in [3.8, 4) is 0 Å². The summed E-state index contributed by atoms with van der Waals surface area (Å²) in [6.45, 7) is 1.70. The van der Waals surface area contributed by atoms with Gasteiger partial charge in [-0.3, -0.25) is 4.79 Å². The second-order valence-corrected chi connectivity index (χ2v) is 7.16. The second kappa shape index (κ2) is 7.17. The molecule has 0 saturated heterocycles. The lowest BCUT2D eigenvalue weighted by atomic mass is 9.80. The van der Waals surface area contributed by atoms with E-state index >= 15 is 0 Å². The molecule has 2 heterocycles. The first-order valence-corrected chi connectivity index (χ1v) is 9.22. The summed E-state index contributed by atoms with van der Waals surface area (Å²) in [6, 6.07) is 8.35. The summed E-state index contributed by atoms with van der Waals surface area (Å²) in [7, 11) is 1.69. The van der Waals surface area contributed by atoms with Crippen molar-refractivity contribution in [2.45, 2.75) is 50.7 Å². The van der Waals surface area contributed by atoms with Crippen LogP contribution in [0.1, 0.15) is 42.4 Å². The molecule has 1 aromatic carbocycles. The molecule has 4 rings (SSSR count). The maximum Gasteiger partial charge on any atom is 0.227 e. The monoisotopic (exact) mass is 355 g/mol. The molecule has 0 spiro atoms. The molecular formula is C19H25N5O2. The Hall–Kier alpha value is -2.25. The molecule has 2 aliphatic rings. The summed E-state index contributed by atoms with van der Waals surface area (Å²) in [4.78, 5) is 14.4. The summed E-state index contributed by atoms with van der Waals surface area (Å²) in [5.74, 6) is 2.27. The third-order valence-corrected chi connectivity index (χ3v) is 5.41. The number of amides is 1. The number of para-hydroxylation sites is 1. The van der Waals surface area contributed by atoms with Gasteiger partial charge in [0.2, 0.25) is 5.91 Å². The predicted molar refractivity (Wildman–Crippen MR) is 97.8 cm³/mol. The number of nitrogens with two attached hydrogens (primary N) is 1. The molecule has 1 amide bonds. The normalized spacial score (nSPS) is 22.2. The highest BCUT2D eigenvalue weighted by Gasteiger charge is 2.33. The van der Waals surface area contributed by atoms with Crippen molar-refractivity contribution in [1.82, 2.24) is 14.8 Å². The van der Waals surface area contributed by atoms with Gasteiger partial charge in [-0.2, -0.15) is 0 Å². The molecule has 0 radical (unpaired) electrons. The number of carbonyl (C=O) groups excluding carboxylic acids is 1. The van der Waals surface area contributed by atoms with Crippen molar-refractivity contribution in [2.24, 2.45) is 5.73 Å². The molecule has 2 aromatic rings. The summed E-state index contributed by atoms with van der Waals surface area (Å²) in [6.07, 6.45) is 3.22. The van der Waals surface area contributed by atoms with Crippen molar-refractivity contribution >= 4 is 11.6 Å². The largest absolute Gasteiger partial charge is 0.383 e. The van der Waals surface area contributed by atoms with Gasteiger partial charge in [0.25, 0.3) is 0 Å². The zero-order valence-corrected chi connectivity index (χ0v) is 15.1. The fourth-order valence-electron chi connectivity index (χ4n) is 3.88. The molecule has 1 aliphatic carbocycles. The average molecular weight is 355 g/mol. The third kappa shape index (κ3) is 3.12. The maximum absolute atomic E-state index is 12.6. The van der Waals surface area contributed by atoms with E-state index < -0.39 is 0 Å². The van der Waals surface area contributed by atoms with Gasteiger partial charge in [-0.25, -0.2) is 0 Å². The van der Waals surface area contributed by atoms with Gasteiger partial charge in [-0.1, -0.05) is 18.2 Å². The number of anilines is 1. The lowest BCUT2D eigenvalue weighted by molar-refractivity contribution is -0.119. The van der Waals surface area contributed by atoms with Crippen molar-refractivity contribution < 1.29 is 9.53 Å². The minimum absolute atomic E-state index is 0.136. The number of aromatic nitrogens is 3. The Bertz CT molecular complexity index is 797. The van der Waals surface area contributed by atoms with E-state index in [4.69, 9.17) is 10.5 Å². The van der Waals surface area contributed by atoms with Crippen molar-refractivity contribution in [1.29, 1.82) is 0 Å². The molecule has 26 heavy (non-hydrogen) atoms. The van der Waals surface area contributed by atoms with Gasteiger partial charge in [0.1, 0.15) is 5.82 Å². The zero-order chi connectivity index (χ0) is 18.1. The van der Waals surface area contributed by atoms with Crippen LogP contribution in [0.3, 0.4) is 0 Å². The van der Waals surface area contributed by atoms with E-state index in [0.717, 1.165) is 36.6 Å². The fourth-order valence-corrected chi connectivity index (χ4v) is 3.88. The van der Waals surface area contributed by atoms with Gasteiger partial charge in [0.05, 0.1) is 13.2 Å². The number of hydrogen-bond acceptors (Lipinski definition) is 5. The van der Waals surface area contributed by atoms with Gasteiger partial charge in [0, 0.05) is 37.7 Å². The first-order chi connectivity index (χ1) is 12.7. The number of fused-ring (bicyclic) bond motifs is 1. The van der Waals surface area contributed by atoms with Gasteiger partial charge >= 0.3 is 0 Å². The number of benzene rings is 1. The number of hydrogen-bond donors (Lipinski definition) is 1. The van der Waals surface area contributed by atoms with Crippen LogP contribution in [-0.4, -0.2) is 40.4 Å². The maximum atomic E-state index is 12.6. The Morgan fingerprint density at radius 1 is 1.23 bits per heavy atom. The molecular weight excluding hydrogens is 330 g/mol. The Morgan fingerprint density at radius 3 is 2.81 bits per heavy atom. The van der Waals surface area contributed by atoms with Crippen LogP contribution >= 0.6 is 0 Å². The Morgan fingerprint density at radius 2 is 2.04 bits per heavy atom. The first-order valence-electron chi connectivity index (χ1n) is 9.22. The molecule has 2 N–H and O–H groups in total. The number of methoxy groups -OCH3 is 1. The van der Waals surface area contributed by atoms with E-state index in [1.54, 1.807) is 7.11 Å². The number of rotatable bonds is 6. The summed E-state index contributed by atoms with van der Waals surface area (Å²) in [5.41, 5.74) is 8.14. The Labute approximate surface area is 153 Å². The van der Waals surface area contributed by atoms with Crippen LogP contribution in [0.5, 0.6) is 0 Å². The van der Waals surface area contributed by atoms with Gasteiger partial charge in [-0.05, 0) is 30.9 Å². The third-order valence-electron chi connectivity index (χ3n) is 5.41. The highest BCUT2D eigenvalue weighted by atomic mass is 16.5. The minimum Gasteiger partial charge on any atom is -0.383 e. The van der Waals surface area contributed by atoms with E-state index in [1.807, 2.05) is 23.1 Å². The van der Waals surface area contributed by atoms with Crippen LogP contribution in [-0.2, 0) is 29.0 Å². The Kier molecular flexibility index (Phi) is 4.74. The van der Waals surface area contributed by atoms with Crippen LogP contribution in [0.2, 0.25) is 0 Å². The highest BCUT2D eigenvalue weighted by Crippen LogP contribution is 2.35. The fraction of sp³-hybridized carbons (Fsp3) is 0.526. The zero-order valence-electron chi connectivity index (χ0n) is 15.1. The molecule has 1 aromatic heterocycles. The molecule has 7 nitrogen and oxygen atoms in total. The number of ether oxygens (including phenoxy) is 1. The lowest BCUT2D eigenvalue weighted by Gasteiger charge is -2.32. The topological polar surface area (TPSA) is 86.3 Å².